The Hall–Kier alpha value is -0.780. The van der Waals surface area contributed by atoms with Gasteiger partial charge in [-0.05, 0) is 22.0 Å². The number of hydrogen-bond donors (Lipinski definition) is 0. The molecule has 0 spiro atoms. The van der Waals surface area contributed by atoms with Crippen molar-refractivity contribution in [3.8, 4) is 0 Å². The average molecular weight is 269 g/mol. The van der Waals surface area contributed by atoms with Crippen LogP contribution in [0.25, 0.3) is 0 Å². The summed E-state index contributed by atoms with van der Waals surface area (Å²) in [6, 6.07) is 1.52. The first-order chi connectivity index (χ1) is 6.40. The lowest BCUT2D eigenvalue weighted by Gasteiger charge is -2.21. The Labute approximate surface area is 87.9 Å². The van der Waals surface area contributed by atoms with Gasteiger partial charge in [0.05, 0.1) is 10.2 Å². The molecule has 0 unspecified atom stereocenters. The zero-order valence-corrected chi connectivity index (χ0v) is 8.93. The van der Waals surface area contributed by atoms with E-state index >= 15 is 0 Å². The molecule has 0 amide bonds. The molecule has 0 bridgehead atoms. The van der Waals surface area contributed by atoms with Gasteiger partial charge in [0, 0.05) is 19.4 Å². The van der Waals surface area contributed by atoms with Crippen molar-refractivity contribution in [1.82, 2.24) is 4.98 Å². The molecule has 6 heteroatoms. The van der Waals surface area contributed by atoms with Crippen LogP contribution in [0, 0.1) is 0 Å². The maximum Gasteiger partial charge on any atom is 0.405 e. The van der Waals surface area contributed by atoms with Crippen molar-refractivity contribution in [3.05, 3.63) is 22.9 Å². The average Bonchev–Trinajstić information content (AvgIpc) is 2.01. The van der Waals surface area contributed by atoms with Gasteiger partial charge in [-0.15, -0.1) is 0 Å². The number of hydrogen-bond acceptors (Lipinski definition) is 2. The van der Waals surface area contributed by atoms with Crippen molar-refractivity contribution in [2.24, 2.45) is 0 Å². The minimum atomic E-state index is -4.20. The third-order valence-electron chi connectivity index (χ3n) is 1.58. The first-order valence-corrected chi connectivity index (χ1v) is 4.57. The van der Waals surface area contributed by atoms with Gasteiger partial charge in [0.2, 0.25) is 0 Å². The number of nitrogens with zero attached hydrogens (tertiary/aromatic N) is 2. The van der Waals surface area contributed by atoms with Gasteiger partial charge in [-0.3, -0.25) is 4.98 Å². The molecule has 0 saturated carbocycles. The Balaban J connectivity index is 2.80. The molecule has 0 fully saturated rings. The summed E-state index contributed by atoms with van der Waals surface area (Å²) in [4.78, 5) is 4.89. The smallest absolute Gasteiger partial charge is 0.365 e. The van der Waals surface area contributed by atoms with E-state index in [0.717, 1.165) is 4.90 Å². The van der Waals surface area contributed by atoms with E-state index in [-0.39, 0.29) is 0 Å². The summed E-state index contributed by atoms with van der Waals surface area (Å²) in [5.74, 6) is 0. The number of aromatic nitrogens is 1. The van der Waals surface area contributed by atoms with Gasteiger partial charge in [-0.2, -0.15) is 13.2 Å². The maximum atomic E-state index is 12.1. The van der Waals surface area contributed by atoms with Crippen LogP contribution < -0.4 is 4.90 Å². The molecule has 0 N–H and O–H groups in total. The van der Waals surface area contributed by atoms with Crippen LogP contribution in [0.3, 0.4) is 0 Å². The second-order valence-corrected chi connectivity index (χ2v) is 3.65. The molecule has 0 aliphatic heterocycles. The zero-order chi connectivity index (χ0) is 10.8. The number of alkyl halides is 3. The highest BCUT2D eigenvalue weighted by atomic mass is 79.9. The second-order valence-electron chi connectivity index (χ2n) is 2.80. The summed E-state index contributed by atoms with van der Waals surface area (Å²) < 4.78 is 36.7. The lowest BCUT2D eigenvalue weighted by Crippen LogP contribution is -2.31. The summed E-state index contributed by atoms with van der Waals surface area (Å²) in [6.07, 6.45) is -1.29. The summed E-state index contributed by atoms with van der Waals surface area (Å²) in [5.41, 5.74) is 0.470. The molecule has 0 radical (unpaired) electrons. The molecule has 2 nitrogen and oxygen atoms in total. The molecule has 1 heterocycles. The fourth-order valence-electron chi connectivity index (χ4n) is 1.03. The monoisotopic (exact) mass is 268 g/mol. The Kier molecular flexibility index (Phi) is 3.36. The Morgan fingerprint density at radius 2 is 2.14 bits per heavy atom. The Bertz CT molecular complexity index is 314. The molecule has 0 aromatic carbocycles. The molecule has 0 atom stereocenters. The van der Waals surface area contributed by atoms with Crippen molar-refractivity contribution in [1.29, 1.82) is 0 Å². The number of anilines is 1. The van der Waals surface area contributed by atoms with Crippen molar-refractivity contribution >= 4 is 21.6 Å². The summed E-state index contributed by atoms with van der Waals surface area (Å²) in [5, 5.41) is 0. The summed E-state index contributed by atoms with van der Waals surface area (Å²) in [6.45, 7) is -0.977. The standard InChI is InChI=1S/C8H8BrF3N2/c1-14(5-8(10,11)12)7-2-3-13-4-6(7)9/h2-4H,5H2,1H3. The van der Waals surface area contributed by atoms with Gasteiger partial charge in [0.25, 0.3) is 0 Å². The quantitative estimate of drug-likeness (QED) is 0.820. The maximum absolute atomic E-state index is 12.1. The molecule has 0 aliphatic rings. The van der Waals surface area contributed by atoms with Crippen molar-refractivity contribution in [2.75, 3.05) is 18.5 Å². The first-order valence-electron chi connectivity index (χ1n) is 3.77. The fraction of sp³-hybridized carbons (Fsp3) is 0.375. The van der Waals surface area contributed by atoms with Crippen LogP contribution in [0.15, 0.2) is 22.9 Å². The van der Waals surface area contributed by atoms with E-state index in [9.17, 15) is 13.2 Å². The predicted octanol–water partition coefficient (Wildman–Crippen LogP) is 2.84. The van der Waals surface area contributed by atoms with Crippen LogP contribution in [0.1, 0.15) is 0 Å². The molecule has 14 heavy (non-hydrogen) atoms. The van der Waals surface area contributed by atoms with Crippen molar-refractivity contribution < 1.29 is 13.2 Å². The first kappa shape index (κ1) is 11.3. The third kappa shape index (κ3) is 3.17. The topological polar surface area (TPSA) is 16.1 Å². The van der Waals surface area contributed by atoms with E-state index in [1.54, 1.807) is 0 Å². The fourth-order valence-corrected chi connectivity index (χ4v) is 1.58. The lowest BCUT2D eigenvalue weighted by atomic mass is 10.3. The highest BCUT2D eigenvalue weighted by Gasteiger charge is 2.29. The van der Waals surface area contributed by atoms with Crippen LogP contribution in [-0.2, 0) is 0 Å². The SMILES string of the molecule is CN(CC(F)(F)F)c1ccncc1Br. The van der Waals surface area contributed by atoms with E-state index in [4.69, 9.17) is 0 Å². The highest BCUT2D eigenvalue weighted by Crippen LogP contribution is 2.26. The largest absolute Gasteiger partial charge is 0.405 e. The predicted molar refractivity (Wildman–Crippen MR) is 51.3 cm³/mol. The highest BCUT2D eigenvalue weighted by molar-refractivity contribution is 9.10. The zero-order valence-electron chi connectivity index (χ0n) is 7.35. The third-order valence-corrected chi connectivity index (χ3v) is 2.19. The van der Waals surface area contributed by atoms with Gasteiger partial charge < -0.3 is 4.90 Å². The van der Waals surface area contributed by atoms with Gasteiger partial charge in [-0.1, -0.05) is 0 Å². The van der Waals surface area contributed by atoms with Crippen LogP contribution in [0.2, 0.25) is 0 Å². The minimum absolute atomic E-state index is 0.470. The van der Waals surface area contributed by atoms with Crippen LogP contribution in [-0.4, -0.2) is 24.8 Å². The molecule has 1 aromatic rings. The van der Waals surface area contributed by atoms with E-state index in [1.807, 2.05) is 0 Å². The van der Waals surface area contributed by atoms with E-state index in [1.165, 1.54) is 25.5 Å². The second kappa shape index (κ2) is 4.16. The molecule has 78 valence electrons. The Morgan fingerprint density at radius 1 is 1.50 bits per heavy atom. The lowest BCUT2D eigenvalue weighted by molar-refractivity contribution is -0.119. The van der Waals surface area contributed by atoms with E-state index in [0.29, 0.717) is 10.2 Å². The van der Waals surface area contributed by atoms with Gasteiger partial charge in [0.15, 0.2) is 0 Å². The van der Waals surface area contributed by atoms with E-state index < -0.39 is 12.7 Å². The molecule has 0 saturated heterocycles. The summed E-state index contributed by atoms with van der Waals surface area (Å²) in [7, 11) is 1.38. The van der Waals surface area contributed by atoms with E-state index in [2.05, 4.69) is 20.9 Å². The van der Waals surface area contributed by atoms with Crippen LogP contribution >= 0.6 is 15.9 Å². The molecular weight excluding hydrogens is 261 g/mol. The van der Waals surface area contributed by atoms with Crippen molar-refractivity contribution in [2.45, 2.75) is 6.18 Å². The number of pyridine rings is 1. The van der Waals surface area contributed by atoms with Crippen molar-refractivity contribution in [3.63, 3.8) is 0 Å². The number of rotatable bonds is 2. The van der Waals surface area contributed by atoms with Crippen LogP contribution in [0.4, 0.5) is 18.9 Å². The molecular formula is C8H8BrF3N2. The molecule has 1 rings (SSSR count). The van der Waals surface area contributed by atoms with Crippen LogP contribution in [0.5, 0.6) is 0 Å². The van der Waals surface area contributed by atoms with Gasteiger partial charge >= 0.3 is 6.18 Å². The van der Waals surface area contributed by atoms with Gasteiger partial charge in [0.1, 0.15) is 6.54 Å². The summed E-state index contributed by atoms with van der Waals surface area (Å²) >= 11 is 3.13. The normalized spacial score (nSPS) is 11.5. The Morgan fingerprint density at radius 3 is 2.64 bits per heavy atom. The molecule has 0 aliphatic carbocycles. The molecule has 1 aromatic heterocycles. The van der Waals surface area contributed by atoms with Gasteiger partial charge in [-0.25, -0.2) is 0 Å². The minimum Gasteiger partial charge on any atom is -0.365 e. The number of halogens is 4.